The van der Waals surface area contributed by atoms with Crippen LogP contribution in [0.5, 0.6) is 5.75 Å². The summed E-state index contributed by atoms with van der Waals surface area (Å²) >= 11 is 3.38. The van der Waals surface area contributed by atoms with Gasteiger partial charge in [-0.25, -0.2) is 4.79 Å². The molecule has 2 aromatic rings. The average molecular weight is 311 g/mol. The summed E-state index contributed by atoms with van der Waals surface area (Å²) in [4.78, 5) is 11.1. The molecule has 0 fully saturated rings. The van der Waals surface area contributed by atoms with E-state index in [1.807, 2.05) is 6.07 Å². The van der Waals surface area contributed by atoms with Gasteiger partial charge in [-0.1, -0.05) is 0 Å². The normalized spacial score (nSPS) is 10.4. The number of rotatable bonds is 3. The lowest BCUT2D eigenvalue weighted by molar-refractivity contribution is 0.0697. The van der Waals surface area contributed by atoms with Crippen LogP contribution in [0.3, 0.4) is 0 Å². The fraction of sp³-hybridized carbons (Fsp3) is 0.167. The van der Waals surface area contributed by atoms with Crippen LogP contribution in [-0.2, 0) is 7.05 Å². The Morgan fingerprint density at radius 3 is 2.78 bits per heavy atom. The summed E-state index contributed by atoms with van der Waals surface area (Å²) in [5, 5.41) is 13.1. The molecule has 0 saturated carbocycles. The molecule has 18 heavy (non-hydrogen) atoms. The molecule has 0 radical (unpaired) electrons. The molecule has 1 N–H and O–H groups in total. The monoisotopic (exact) mass is 310 g/mol. The molecule has 0 atom stereocenters. The van der Waals surface area contributed by atoms with Crippen LogP contribution in [0, 0.1) is 0 Å². The van der Waals surface area contributed by atoms with Gasteiger partial charge in [0, 0.05) is 12.6 Å². The summed E-state index contributed by atoms with van der Waals surface area (Å²) in [6.45, 7) is 0. The van der Waals surface area contributed by atoms with E-state index in [9.17, 15) is 4.79 Å². The SMILES string of the molecule is COc1ccc(-c2c(C(=O)O)cnn2C)cc1Br. The van der Waals surface area contributed by atoms with Gasteiger partial charge in [0.2, 0.25) is 0 Å². The minimum Gasteiger partial charge on any atom is -0.496 e. The van der Waals surface area contributed by atoms with Crippen LogP contribution >= 0.6 is 15.9 Å². The Bertz CT molecular complexity index is 607. The van der Waals surface area contributed by atoms with E-state index in [2.05, 4.69) is 21.0 Å². The Kier molecular flexibility index (Phi) is 3.38. The zero-order chi connectivity index (χ0) is 13.3. The molecule has 2 rings (SSSR count). The Morgan fingerprint density at radius 2 is 2.22 bits per heavy atom. The summed E-state index contributed by atoms with van der Waals surface area (Å²) in [6.07, 6.45) is 1.34. The van der Waals surface area contributed by atoms with Crippen LogP contribution < -0.4 is 4.74 Å². The Morgan fingerprint density at radius 1 is 1.50 bits per heavy atom. The first-order valence-electron chi connectivity index (χ1n) is 5.13. The highest BCUT2D eigenvalue weighted by Gasteiger charge is 2.17. The van der Waals surface area contributed by atoms with Gasteiger partial charge in [0.25, 0.3) is 0 Å². The number of carboxylic acid groups (broad SMARTS) is 1. The van der Waals surface area contributed by atoms with Crippen LogP contribution in [0.25, 0.3) is 11.3 Å². The number of aromatic carboxylic acids is 1. The van der Waals surface area contributed by atoms with Crippen molar-refractivity contribution < 1.29 is 14.6 Å². The molecule has 1 aromatic heterocycles. The highest BCUT2D eigenvalue weighted by Crippen LogP contribution is 2.31. The van der Waals surface area contributed by atoms with E-state index in [4.69, 9.17) is 9.84 Å². The summed E-state index contributed by atoms with van der Waals surface area (Å²) in [5.41, 5.74) is 1.50. The average Bonchev–Trinajstić information content (AvgIpc) is 2.71. The number of methoxy groups -OCH3 is 1. The van der Waals surface area contributed by atoms with E-state index in [0.717, 1.165) is 10.0 Å². The minimum absolute atomic E-state index is 0.176. The van der Waals surface area contributed by atoms with Crippen molar-refractivity contribution in [2.24, 2.45) is 7.05 Å². The number of benzene rings is 1. The number of carbonyl (C=O) groups is 1. The van der Waals surface area contributed by atoms with Gasteiger partial charge >= 0.3 is 5.97 Å². The van der Waals surface area contributed by atoms with E-state index in [1.165, 1.54) is 10.9 Å². The maximum atomic E-state index is 11.1. The van der Waals surface area contributed by atoms with Crippen molar-refractivity contribution >= 4 is 21.9 Å². The van der Waals surface area contributed by atoms with Crippen LogP contribution in [0.15, 0.2) is 28.9 Å². The summed E-state index contributed by atoms with van der Waals surface area (Å²) in [7, 11) is 3.28. The lowest BCUT2D eigenvalue weighted by Crippen LogP contribution is -2.00. The first-order chi connectivity index (χ1) is 8.54. The van der Waals surface area contributed by atoms with Crippen LogP contribution in [0.1, 0.15) is 10.4 Å². The molecular weight excluding hydrogens is 300 g/mol. The summed E-state index contributed by atoms with van der Waals surface area (Å²) < 4.78 is 7.44. The highest BCUT2D eigenvalue weighted by molar-refractivity contribution is 9.10. The third kappa shape index (κ3) is 2.11. The third-order valence-corrected chi connectivity index (χ3v) is 3.21. The number of hydrogen-bond donors (Lipinski definition) is 1. The maximum absolute atomic E-state index is 11.1. The second-order valence-corrected chi connectivity index (χ2v) is 4.54. The Hall–Kier alpha value is -1.82. The molecule has 0 aliphatic rings. The number of hydrogen-bond acceptors (Lipinski definition) is 3. The number of nitrogens with zero attached hydrogens (tertiary/aromatic N) is 2. The molecule has 1 aromatic carbocycles. The quantitative estimate of drug-likeness (QED) is 0.946. The van der Waals surface area contributed by atoms with Gasteiger partial charge < -0.3 is 9.84 Å². The molecule has 0 amide bonds. The number of aryl methyl sites for hydroxylation is 1. The molecule has 94 valence electrons. The van der Waals surface area contributed by atoms with E-state index < -0.39 is 5.97 Å². The molecule has 0 unspecified atom stereocenters. The second kappa shape index (κ2) is 4.81. The van der Waals surface area contributed by atoms with E-state index in [0.29, 0.717) is 11.4 Å². The van der Waals surface area contributed by atoms with E-state index in [-0.39, 0.29) is 5.56 Å². The van der Waals surface area contributed by atoms with Crippen LogP contribution in [0.2, 0.25) is 0 Å². The van der Waals surface area contributed by atoms with Crippen molar-refractivity contribution in [2.45, 2.75) is 0 Å². The fourth-order valence-electron chi connectivity index (χ4n) is 1.75. The second-order valence-electron chi connectivity index (χ2n) is 3.68. The standard InChI is InChI=1S/C12H11BrN2O3/c1-15-11(8(6-14-15)12(16)17)7-3-4-10(18-2)9(13)5-7/h3-6H,1-2H3,(H,16,17). The van der Waals surface area contributed by atoms with Crippen molar-refractivity contribution in [1.29, 1.82) is 0 Å². The van der Waals surface area contributed by atoms with Crippen molar-refractivity contribution in [1.82, 2.24) is 9.78 Å². The van der Waals surface area contributed by atoms with E-state index in [1.54, 1.807) is 26.3 Å². The predicted molar refractivity (Wildman–Crippen MR) is 69.9 cm³/mol. The van der Waals surface area contributed by atoms with Gasteiger partial charge in [0.05, 0.1) is 23.5 Å². The fourth-order valence-corrected chi connectivity index (χ4v) is 2.29. The number of carboxylic acids is 1. The topological polar surface area (TPSA) is 64.3 Å². The number of aromatic nitrogens is 2. The van der Waals surface area contributed by atoms with Crippen molar-refractivity contribution in [3.05, 3.63) is 34.4 Å². The van der Waals surface area contributed by atoms with Crippen molar-refractivity contribution in [3.8, 4) is 17.0 Å². The highest BCUT2D eigenvalue weighted by atomic mass is 79.9. The third-order valence-electron chi connectivity index (χ3n) is 2.59. The Balaban J connectivity index is 2.58. The lowest BCUT2D eigenvalue weighted by atomic mass is 10.1. The van der Waals surface area contributed by atoms with Gasteiger partial charge in [0.1, 0.15) is 11.3 Å². The number of halogens is 1. The van der Waals surface area contributed by atoms with Gasteiger partial charge in [-0.15, -0.1) is 0 Å². The van der Waals surface area contributed by atoms with E-state index >= 15 is 0 Å². The summed E-state index contributed by atoms with van der Waals surface area (Å²) in [5.74, 6) is -0.303. The molecule has 0 aliphatic heterocycles. The lowest BCUT2D eigenvalue weighted by Gasteiger charge is -2.07. The van der Waals surface area contributed by atoms with Gasteiger partial charge in [-0.2, -0.15) is 5.10 Å². The Labute approximate surface area is 112 Å². The van der Waals surface area contributed by atoms with Crippen LogP contribution in [0.4, 0.5) is 0 Å². The molecule has 0 bridgehead atoms. The molecule has 0 aliphatic carbocycles. The molecule has 5 nitrogen and oxygen atoms in total. The first-order valence-corrected chi connectivity index (χ1v) is 5.93. The first kappa shape index (κ1) is 12.6. The van der Waals surface area contributed by atoms with Crippen molar-refractivity contribution in [2.75, 3.05) is 7.11 Å². The maximum Gasteiger partial charge on any atom is 0.339 e. The zero-order valence-electron chi connectivity index (χ0n) is 9.85. The van der Waals surface area contributed by atoms with Crippen molar-refractivity contribution in [3.63, 3.8) is 0 Å². The summed E-state index contributed by atoms with van der Waals surface area (Å²) in [6, 6.07) is 5.38. The molecule has 0 saturated heterocycles. The predicted octanol–water partition coefficient (Wildman–Crippen LogP) is 2.56. The zero-order valence-corrected chi connectivity index (χ0v) is 11.4. The molecule has 0 spiro atoms. The largest absolute Gasteiger partial charge is 0.496 e. The van der Waals surface area contributed by atoms with Crippen LogP contribution in [-0.4, -0.2) is 28.0 Å². The molecule has 6 heteroatoms. The van der Waals surface area contributed by atoms with Gasteiger partial charge in [0.15, 0.2) is 0 Å². The van der Waals surface area contributed by atoms with Gasteiger partial charge in [-0.05, 0) is 34.1 Å². The molecular formula is C12H11BrN2O3. The minimum atomic E-state index is -0.995. The number of ether oxygens (including phenoxy) is 1. The molecule has 1 heterocycles. The van der Waals surface area contributed by atoms with Gasteiger partial charge in [-0.3, -0.25) is 4.68 Å². The smallest absolute Gasteiger partial charge is 0.339 e.